The maximum absolute atomic E-state index is 10.2. The Hall–Kier alpha value is 0.106. The first-order valence-electron chi connectivity index (χ1n) is 2.37. The Kier molecular flexibility index (Phi) is 3.24. The normalized spacial score (nSPS) is 18.5. The van der Waals surface area contributed by atoms with Crippen LogP contribution in [0.1, 0.15) is 22.1 Å². The third kappa shape index (κ3) is 1.56. The van der Waals surface area contributed by atoms with E-state index in [1.807, 2.05) is 0 Å². The second kappa shape index (κ2) is 3.20. The summed E-state index contributed by atoms with van der Waals surface area (Å²) in [6.45, 7) is 0. The molecule has 1 aliphatic rings. The van der Waals surface area contributed by atoms with E-state index < -0.39 is 0 Å². The van der Waals surface area contributed by atoms with Crippen LogP contribution in [-0.4, -0.2) is 34.6 Å². The fourth-order valence-electron chi connectivity index (χ4n) is 0.688. The van der Waals surface area contributed by atoms with Gasteiger partial charge in [0.2, 0.25) is 0 Å². The van der Waals surface area contributed by atoms with E-state index in [1.54, 1.807) is 0 Å². The molecule has 1 fully saturated rings. The van der Waals surface area contributed by atoms with Crippen LogP contribution in [-0.2, 0) is 9.59 Å². The molecule has 1 rings (SSSR count). The fraction of sp³-hybridized carbons (Fsp3) is 0.600. The molecule has 0 heterocycles. The van der Waals surface area contributed by atoms with Crippen molar-refractivity contribution in [2.75, 3.05) is 0 Å². The Bertz CT molecular complexity index is 113. The van der Waals surface area contributed by atoms with Crippen LogP contribution >= 0.6 is 0 Å². The molecule has 1 aliphatic carbocycles. The van der Waals surface area contributed by atoms with Gasteiger partial charge in [-0.1, -0.05) is 0 Å². The van der Waals surface area contributed by atoms with E-state index in [0.717, 1.165) is 6.42 Å². The molecule has 0 aliphatic heterocycles. The number of rotatable bonds is 0. The molecule has 8 heavy (non-hydrogen) atoms. The summed E-state index contributed by atoms with van der Waals surface area (Å²) in [5.41, 5.74) is 0. The van der Waals surface area contributed by atoms with E-state index in [-0.39, 0.29) is 37.5 Å². The predicted octanol–water partition coefficient (Wildman–Crippen LogP) is 0.153. The smallest absolute Gasteiger partial charge is 1.00 e. The Labute approximate surface area is 66.8 Å². The minimum atomic E-state index is -0.181. The number of hydrogen-bond acceptors (Lipinski definition) is 2. The summed E-state index contributed by atoms with van der Waals surface area (Å²) in [6.07, 6.45) is 1.75. The predicted molar refractivity (Wildman–Crippen MR) is 31.8 cm³/mol. The molecule has 0 amide bonds. The molecule has 2 nitrogen and oxygen atoms in total. The molecule has 3 heteroatoms. The monoisotopic (exact) mass is 124 g/mol. The van der Waals surface area contributed by atoms with Crippen molar-refractivity contribution in [3.63, 3.8) is 0 Å². The van der Waals surface area contributed by atoms with Gasteiger partial charge in [-0.05, 0) is 6.42 Å². The summed E-state index contributed by atoms with van der Waals surface area (Å²) in [6, 6.07) is 0. The molecule has 0 radical (unpaired) electrons. The standard InChI is InChI=1S/C5H6O2.Mg.2H/c6-4-2-1-3-5(4)7;;;/h1-3H2;;;/q;+2;2*-1. The van der Waals surface area contributed by atoms with Crippen LogP contribution in [0.5, 0.6) is 0 Å². The first-order valence-corrected chi connectivity index (χ1v) is 2.37. The Morgan fingerprint density at radius 3 is 1.62 bits per heavy atom. The molecular formula is C5H8MgO2. The van der Waals surface area contributed by atoms with Crippen molar-refractivity contribution in [1.29, 1.82) is 0 Å². The minimum absolute atomic E-state index is 0. The summed E-state index contributed by atoms with van der Waals surface area (Å²) in [5, 5.41) is 0. The molecule has 0 saturated heterocycles. The summed E-state index contributed by atoms with van der Waals surface area (Å²) < 4.78 is 0. The molecule has 0 aromatic carbocycles. The molecule has 0 N–H and O–H groups in total. The number of Topliss-reactive ketones (excluding diaryl/α,β-unsaturated/α-hetero) is 2. The van der Waals surface area contributed by atoms with Crippen LogP contribution < -0.4 is 0 Å². The Morgan fingerprint density at radius 1 is 1.12 bits per heavy atom. The molecule has 0 aromatic heterocycles. The third-order valence-electron chi connectivity index (χ3n) is 1.12. The van der Waals surface area contributed by atoms with E-state index in [9.17, 15) is 9.59 Å². The maximum Gasteiger partial charge on any atom is 2.00 e. The van der Waals surface area contributed by atoms with Gasteiger partial charge in [-0.2, -0.15) is 0 Å². The molecule has 0 atom stereocenters. The maximum atomic E-state index is 10.2. The van der Waals surface area contributed by atoms with E-state index in [2.05, 4.69) is 0 Å². The zero-order chi connectivity index (χ0) is 5.28. The van der Waals surface area contributed by atoms with Crippen molar-refractivity contribution >= 4 is 34.6 Å². The number of hydrogen-bond donors (Lipinski definition) is 0. The van der Waals surface area contributed by atoms with Crippen molar-refractivity contribution < 1.29 is 12.4 Å². The van der Waals surface area contributed by atoms with Gasteiger partial charge in [0, 0.05) is 12.8 Å². The first kappa shape index (κ1) is 8.11. The fourth-order valence-corrected chi connectivity index (χ4v) is 0.688. The van der Waals surface area contributed by atoms with Gasteiger partial charge in [0.15, 0.2) is 11.6 Å². The van der Waals surface area contributed by atoms with Gasteiger partial charge >= 0.3 is 23.1 Å². The summed E-state index contributed by atoms with van der Waals surface area (Å²) >= 11 is 0. The van der Waals surface area contributed by atoms with Gasteiger partial charge in [0.1, 0.15) is 0 Å². The van der Waals surface area contributed by atoms with Crippen LogP contribution in [0.15, 0.2) is 0 Å². The number of carbonyl (C=O) groups excluding carboxylic acids is 2. The molecule has 42 valence electrons. The van der Waals surface area contributed by atoms with E-state index in [1.165, 1.54) is 0 Å². The summed E-state index contributed by atoms with van der Waals surface area (Å²) in [5.74, 6) is -0.361. The van der Waals surface area contributed by atoms with Crippen LogP contribution in [0.25, 0.3) is 0 Å². The average molecular weight is 124 g/mol. The zero-order valence-electron chi connectivity index (χ0n) is 6.64. The third-order valence-corrected chi connectivity index (χ3v) is 1.12. The van der Waals surface area contributed by atoms with Gasteiger partial charge in [-0.15, -0.1) is 0 Å². The van der Waals surface area contributed by atoms with Gasteiger partial charge < -0.3 is 2.85 Å². The topological polar surface area (TPSA) is 34.1 Å². The minimum Gasteiger partial charge on any atom is -1.00 e. The van der Waals surface area contributed by atoms with E-state index in [0.29, 0.717) is 12.8 Å². The Balaban J connectivity index is -0.000000163. The van der Waals surface area contributed by atoms with Crippen LogP contribution in [0.4, 0.5) is 0 Å². The van der Waals surface area contributed by atoms with Crippen molar-refractivity contribution in [3.05, 3.63) is 0 Å². The van der Waals surface area contributed by atoms with Crippen molar-refractivity contribution in [2.24, 2.45) is 0 Å². The van der Waals surface area contributed by atoms with Gasteiger partial charge in [0.25, 0.3) is 0 Å². The van der Waals surface area contributed by atoms with Crippen LogP contribution in [0.2, 0.25) is 0 Å². The molecule has 0 spiro atoms. The van der Waals surface area contributed by atoms with E-state index >= 15 is 0 Å². The van der Waals surface area contributed by atoms with E-state index in [4.69, 9.17) is 0 Å². The van der Waals surface area contributed by atoms with Gasteiger partial charge in [-0.25, -0.2) is 0 Å². The number of ketones is 2. The second-order valence-corrected chi connectivity index (χ2v) is 1.70. The first-order chi connectivity index (χ1) is 3.30. The van der Waals surface area contributed by atoms with Crippen molar-refractivity contribution in [1.82, 2.24) is 0 Å². The zero-order valence-corrected chi connectivity index (χ0v) is 6.06. The second-order valence-electron chi connectivity index (χ2n) is 1.70. The van der Waals surface area contributed by atoms with Crippen LogP contribution in [0, 0.1) is 0 Å². The number of carbonyl (C=O) groups is 2. The van der Waals surface area contributed by atoms with Crippen LogP contribution in [0.3, 0.4) is 0 Å². The quantitative estimate of drug-likeness (QED) is 0.340. The average Bonchev–Trinajstić information content (AvgIpc) is 1.91. The molecule has 1 saturated carbocycles. The van der Waals surface area contributed by atoms with Gasteiger partial charge in [0.05, 0.1) is 0 Å². The van der Waals surface area contributed by atoms with Gasteiger partial charge in [-0.3, -0.25) is 9.59 Å². The van der Waals surface area contributed by atoms with Crippen molar-refractivity contribution in [2.45, 2.75) is 19.3 Å². The molecule has 0 aromatic rings. The largest absolute Gasteiger partial charge is 2.00 e. The molecule has 0 bridgehead atoms. The summed E-state index contributed by atoms with van der Waals surface area (Å²) in [4.78, 5) is 20.4. The Morgan fingerprint density at radius 2 is 1.50 bits per heavy atom. The SMILES string of the molecule is O=C1CCCC1=O.[H-].[H-].[Mg+2]. The molecule has 0 unspecified atom stereocenters. The summed E-state index contributed by atoms with van der Waals surface area (Å²) in [7, 11) is 0. The van der Waals surface area contributed by atoms with Crippen molar-refractivity contribution in [3.8, 4) is 0 Å². The molecular weight excluding hydrogens is 116 g/mol.